The third-order valence-corrected chi connectivity index (χ3v) is 4.73. The van der Waals surface area contributed by atoms with E-state index in [4.69, 9.17) is 4.74 Å². The van der Waals surface area contributed by atoms with Crippen LogP contribution in [0.25, 0.3) is 0 Å². The van der Waals surface area contributed by atoms with Gasteiger partial charge in [0.05, 0.1) is 12.5 Å². The Bertz CT molecular complexity index is 447. The number of hydrogen-bond donors (Lipinski definition) is 0. The van der Waals surface area contributed by atoms with Gasteiger partial charge in [0.2, 0.25) is 0 Å². The highest BCUT2D eigenvalue weighted by molar-refractivity contribution is 5.82. The van der Waals surface area contributed by atoms with E-state index in [0.29, 0.717) is 5.92 Å². The number of aldehydes is 1. The van der Waals surface area contributed by atoms with Gasteiger partial charge in [0, 0.05) is 0 Å². The molecule has 0 aromatic heterocycles. The van der Waals surface area contributed by atoms with E-state index in [1.807, 2.05) is 13.0 Å². The molecule has 3 atom stereocenters. The minimum Gasteiger partial charge on any atom is -0.469 e. The second-order valence-corrected chi connectivity index (χ2v) is 5.89. The standard InChI is InChI=1S/C16H22O3/c1-11-5-4-6-12(10-17)9-14-13(8-7-11)16(14,2)15(18)19-3/h5,9-10,13-14H,4,6-8H2,1-3H3/b11-5-,12-9+/t13-,14-,16+/m1/s1. The van der Waals surface area contributed by atoms with E-state index in [1.165, 1.54) is 12.7 Å². The molecule has 3 heteroatoms. The number of esters is 1. The predicted molar refractivity (Wildman–Crippen MR) is 73.5 cm³/mol. The first kappa shape index (κ1) is 14.0. The summed E-state index contributed by atoms with van der Waals surface area (Å²) in [5.74, 6) is 0.312. The lowest BCUT2D eigenvalue weighted by atomic mass is 10.0. The normalized spacial score (nSPS) is 39.9. The van der Waals surface area contributed by atoms with E-state index < -0.39 is 5.41 Å². The highest BCUT2D eigenvalue weighted by atomic mass is 16.5. The molecule has 0 heterocycles. The third-order valence-electron chi connectivity index (χ3n) is 4.73. The predicted octanol–water partition coefficient (Wildman–Crippen LogP) is 3.06. The highest BCUT2D eigenvalue weighted by Gasteiger charge is 2.65. The Labute approximate surface area is 114 Å². The van der Waals surface area contributed by atoms with E-state index in [0.717, 1.165) is 37.5 Å². The Balaban J connectivity index is 2.26. The van der Waals surface area contributed by atoms with Gasteiger partial charge in [0.25, 0.3) is 0 Å². The van der Waals surface area contributed by atoms with Crippen molar-refractivity contribution in [3.05, 3.63) is 23.3 Å². The molecule has 0 aliphatic heterocycles. The van der Waals surface area contributed by atoms with Crippen LogP contribution in [0.15, 0.2) is 23.3 Å². The lowest BCUT2D eigenvalue weighted by Crippen LogP contribution is -2.17. The number of hydrogen-bond acceptors (Lipinski definition) is 3. The Morgan fingerprint density at radius 1 is 1.47 bits per heavy atom. The molecule has 0 amide bonds. The van der Waals surface area contributed by atoms with Gasteiger partial charge in [-0.2, -0.15) is 0 Å². The minimum absolute atomic E-state index is 0.148. The summed E-state index contributed by atoms with van der Waals surface area (Å²) in [6.07, 6.45) is 8.82. The summed E-state index contributed by atoms with van der Waals surface area (Å²) in [6.45, 7) is 4.09. The van der Waals surface area contributed by atoms with E-state index in [2.05, 4.69) is 13.0 Å². The van der Waals surface area contributed by atoms with E-state index in [1.54, 1.807) is 0 Å². The quantitative estimate of drug-likeness (QED) is 0.436. The molecule has 2 aliphatic carbocycles. The molecule has 0 N–H and O–H groups in total. The molecule has 0 aromatic carbocycles. The molecule has 2 rings (SSSR count). The molecule has 1 saturated carbocycles. The topological polar surface area (TPSA) is 43.4 Å². The molecular weight excluding hydrogens is 240 g/mol. The average molecular weight is 262 g/mol. The molecule has 0 spiro atoms. The van der Waals surface area contributed by atoms with Crippen LogP contribution >= 0.6 is 0 Å². The molecule has 3 nitrogen and oxygen atoms in total. The van der Waals surface area contributed by atoms with E-state index >= 15 is 0 Å². The maximum absolute atomic E-state index is 12.0. The zero-order valence-electron chi connectivity index (χ0n) is 11.9. The Hall–Kier alpha value is -1.38. The average Bonchev–Trinajstić information content (AvgIpc) is 2.99. The molecular formula is C16H22O3. The molecule has 1 fully saturated rings. The van der Waals surface area contributed by atoms with Gasteiger partial charge in [-0.05, 0) is 56.9 Å². The number of methoxy groups -OCH3 is 1. The van der Waals surface area contributed by atoms with Crippen molar-refractivity contribution in [3.63, 3.8) is 0 Å². The maximum atomic E-state index is 12.0. The second kappa shape index (κ2) is 5.32. The first-order chi connectivity index (χ1) is 9.03. The number of rotatable bonds is 2. The third kappa shape index (κ3) is 2.51. The van der Waals surface area contributed by atoms with Gasteiger partial charge in [-0.25, -0.2) is 0 Å². The van der Waals surface area contributed by atoms with Crippen molar-refractivity contribution in [3.8, 4) is 0 Å². The van der Waals surface area contributed by atoms with Crippen LogP contribution in [0.5, 0.6) is 0 Å². The van der Waals surface area contributed by atoms with E-state index in [9.17, 15) is 9.59 Å². The number of allylic oxidation sites excluding steroid dienone is 4. The van der Waals surface area contributed by atoms with Crippen LogP contribution in [-0.2, 0) is 14.3 Å². The van der Waals surface area contributed by atoms with Crippen LogP contribution in [0.1, 0.15) is 39.5 Å². The fraction of sp³-hybridized carbons (Fsp3) is 0.625. The second-order valence-electron chi connectivity index (χ2n) is 5.89. The SMILES string of the molecule is COC(=O)[C@]1(C)[C@@H]2/C=C(/C=O)CC/C=C(/C)CC[C@H]21. The Morgan fingerprint density at radius 3 is 2.84 bits per heavy atom. The van der Waals surface area contributed by atoms with Gasteiger partial charge in [0.15, 0.2) is 0 Å². The molecule has 0 unspecified atom stereocenters. The van der Waals surface area contributed by atoms with Crippen molar-refractivity contribution in [2.24, 2.45) is 17.3 Å². The zero-order valence-corrected chi connectivity index (χ0v) is 11.9. The van der Waals surface area contributed by atoms with Crippen LogP contribution in [0.2, 0.25) is 0 Å². The fourth-order valence-electron chi connectivity index (χ4n) is 3.30. The molecule has 0 saturated heterocycles. The Kier molecular flexibility index (Phi) is 3.93. The van der Waals surface area contributed by atoms with Gasteiger partial charge in [-0.15, -0.1) is 0 Å². The molecule has 0 aromatic rings. The summed E-state index contributed by atoms with van der Waals surface area (Å²) in [5.41, 5.74) is 1.73. The molecule has 0 radical (unpaired) electrons. The molecule has 19 heavy (non-hydrogen) atoms. The van der Waals surface area contributed by atoms with Crippen LogP contribution in [-0.4, -0.2) is 19.4 Å². The summed E-state index contributed by atoms with van der Waals surface area (Å²) >= 11 is 0. The largest absolute Gasteiger partial charge is 0.469 e. The summed E-state index contributed by atoms with van der Waals surface area (Å²) in [4.78, 5) is 23.1. The minimum atomic E-state index is -0.437. The monoisotopic (exact) mass is 262 g/mol. The highest BCUT2D eigenvalue weighted by Crippen LogP contribution is 2.62. The smallest absolute Gasteiger partial charge is 0.312 e. The van der Waals surface area contributed by atoms with Gasteiger partial charge in [-0.3, -0.25) is 9.59 Å². The summed E-state index contributed by atoms with van der Waals surface area (Å²) in [7, 11) is 1.44. The van der Waals surface area contributed by atoms with Gasteiger partial charge < -0.3 is 4.74 Å². The summed E-state index contributed by atoms with van der Waals surface area (Å²) < 4.78 is 4.94. The number of carbonyl (C=O) groups is 2. The molecule has 2 aliphatic rings. The van der Waals surface area contributed by atoms with E-state index in [-0.39, 0.29) is 11.9 Å². The number of ether oxygens (including phenoxy) is 1. The summed E-state index contributed by atoms with van der Waals surface area (Å²) in [5, 5.41) is 0. The lowest BCUT2D eigenvalue weighted by molar-refractivity contribution is -0.147. The first-order valence-corrected chi connectivity index (χ1v) is 6.94. The van der Waals surface area contributed by atoms with Crippen LogP contribution in [0.4, 0.5) is 0 Å². The summed E-state index contributed by atoms with van der Waals surface area (Å²) in [6, 6.07) is 0. The Morgan fingerprint density at radius 2 is 2.21 bits per heavy atom. The van der Waals surface area contributed by atoms with Gasteiger partial charge in [0.1, 0.15) is 6.29 Å². The van der Waals surface area contributed by atoms with Crippen LogP contribution in [0, 0.1) is 17.3 Å². The molecule has 104 valence electrons. The first-order valence-electron chi connectivity index (χ1n) is 6.94. The van der Waals surface area contributed by atoms with Crippen LogP contribution in [0.3, 0.4) is 0 Å². The van der Waals surface area contributed by atoms with Crippen molar-refractivity contribution in [2.45, 2.75) is 39.5 Å². The van der Waals surface area contributed by atoms with Crippen molar-refractivity contribution < 1.29 is 14.3 Å². The van der Waals surface area contributed by atoms with Crippen molar-refractivity contribution >= 4 is 12.3 Å². The number of fused-ring (bicyclic) bond motifs is 1. The molecule has 0 bridgehead atoms. The van der Waals surface area contributed by atoms with Crippen LogP contribution < -0.4 is 0 Å². The van der Waals surface area contributed by atoms with Crippen molar-refractivity contribution in [1.82, 2.24) is 0 Å². The fourth-order valence-corrected chi connectivity index (χ4v) is 3.30. The van der Waals surface area contributed by atoms with Gasteiger partial charge >= 0.3 is 5.97 Å². The van der Waals surface area contributed by atoms with Crippen molar-refractivity contribution in [1.29, 1.82) is 0 Å². The van der Waals surface area contributed by atoms with Crippen molar-refractivity contribution in [2.75, 3.05) is 7.11 Å². The maximum Gasteiger partial charge on any atom is 0.312 e. The number of carbonyl (C=O) groups excluding carboxylic acids is 2. The zero-order chi connectivity index (χ0) is 14.0. The van der Waals surface area contributed by atoms with Gasteiger partial charge in [-0.1, -0.05) is 17.7 Å². The lowest BCUT2D eigenvalue weighted by Gasteiger charge is -2.08.